The summed E-state index contributed by atoms with van der Waals surface area (Å²) < 4.78 is 16.5. The Morgan fingerprint density at radius 3 is 2.61 bits per heavy atom. The van der Waals surface area contributed by atoms with Gasteiger partial charge < -0.3 is 9.88 Å². The molecule has 2 aliphatic heterocycles. The van der Waals surface area contributed by atoms with E-state index < -0.39 is 11.7 Å². The van der Waals surface area contributed by atoms with Gasteiger partial charge >= 0.3 is 0 Å². The highest BCUT2D eigenvalue weighted by Gasteiger charge is 2.24. The van der Waals surface area contributed by atoms with E-state index in [-0.39, 0.29) is 11.1 Å². The van der Waals surface area contributed by atoms with Crippen LogP contribution in [0.4, 0.5) is 10.1 Å². The molecule has 0 saturated heterocycles. The van der Waals surface area contributed by atoms with Crippen molar-refractivity contribution in [1.82, 2.24) is 14.3 Å². The van der Waals surface area contributed by atoms with Gasteiger partial charge in [-0.25, -0.2) is 4.39 Å². The van der Waals surface area contributed by atoms with E-state index >= 15 is 0 Å². The van der Waals surface area contributed by atoms with Crippen LogP contribution in [0.2, 0.25) is 0 Å². The summed E-state index contributed by atoms with van der Waals surface area (Å²) in [5, 5.41) is 7.06. The predicted octanol–water partition coefficient (Wildman–Crippen LogP) is 3.55. The Bertz CT molecular complexity index is 1180. The summed E-state index contributed by atoms with van der Waals surface area (Å²) in [4.78, 5) is 25.7. The Morgan fingerprint density at radius 1 is 1.11 bits per heavy atom. The number of halogens is 1. The fourth-order valence-electron chi connectivity index (χ4n) is 3.02. The third-order valence-corrected chi connectivity index (χ3v) is 4.42. The number of carbonyl (C=O) groups is 1. The van der Waals surface area contributed by atoms with Crippen LogP contribution in [0.3, 0.4) is 0 Å². The molecule has 0 spiro atoms. The van der Waals surface area contributed by atoms with Crippen molar-refractivity contribution in [3.63, 3.8) is 0 Å². The molecule has 0 saturated carbocycles. The number of carbonyl (C=O) groups excluding carboxylic acids is 1. The smallest absolute Gasteiger partial charge is 0.282 e. The van der Waals surface area contributed by atoms with Crippen molar-refractivity contribution in [2.45, 2.75) is 13.5 Å². The summed E-state index contributed by atoms with van der Waals surface area (Å²) in [5.74, 6) is -0.911. The average molecular weight is 376 g/mol. The highest BCUT2D eigenvalue weighted by Crippen LogP contribution is 2.23. The number of benzene rings is 2. The van der Waals surface area contributed by atoms with Crippen LogP contribution in [0, 0.1) is 5.82 Å². The molecule has 1 amide bonds. The zero-order valence-electron chi connectivity index (χ0n) is 15.1. The number of anilines is 1. The molecule has 1 N–H and O–H groups in total. The summed E-state index contributed by atoms with van der Waals surface area (Å²) in [7, 11) is 0. The fraction of sp³-hybridized carbons (Fsp3) is 0.0952. The zero-order valence-corrected chi connectivity index (χ0v) is 15.1. The first kappa shape index (κ1) is 17.7. The largest absolute Gasteiger partial charge is 0.353 e. The Morgan fingerprint density at radius 2 is 1.89 bits per heavy atom. The second-order valence-corrected chi connectivity index (χ2v) is 6.28. The Labute approximate surface area is 160 Å². The van der Waals surface area contributed by atoms with Crippen molar-refractivity contribution in [3.05, 3.63) is 88.7 Å². The second-order valence-electron chi connectivity index (χ2n) is 6.28. The Balaban J connectivity index is 1.83. The molecule has 0 bridgehead atoms. The summed E-state index contributed by atoms with van der Waals surface area (Å²) in [5.41, 5.74) is 1.53. The van der Waals surface area contributed by atoms with E-state index in [1.807, 2.05) is 25.1 Å². The molecule has 4 rings (SSSR count). The summed E-state index contributed by atoms with van der Waals surface area (Å²) in [6.45, 7) is 2.48. The monoisotopic (exact) mass is 376 g/mol. The van der Waals surface area contributed by atoms with Crippen molar-refractivity contribution < 1.29 is 9.18 Å². The molecule has 0 aromatic heterocycles. The number of rotatable bonds is 4. The molecule has 140 valence electrons. The van der Waals surface area contributed by atoms with Gasteiger partial charge in [-0.2, -0.15) is 9.78 Å². The molecule has 2 aromatic carbocycles. The fourth-order valence-corrected chi connectivity index (χ4v) is 3.02. The van der Waals surface area contributed by atoms with Gasteiger partial charge in [0.1, 0.15) is 11.5 Å². The Kier molecular flexibility index (Phi) is 4.49. The molecule has 0 aliphatic carbocycles. The maximum Gasteiger partial charge on any atom is 0.282 e. The quantitative estimate of drug-likeness (QED) is 0.592. The van der Waals surface area contributed by atoms with Gasteiger partial charge in [-0.1, -0.05) is 24.3 Å². The summed E-state index contributed by atoms with van der Waals surface area (Å²) in [6.07, 6.45) is 3.32. The molecule has 28 heavy (non-hydrogen) atoms. The predicted molar refractivity (Wildman–Crippen MR) is 104 cm³/mol. The number of pyridine rings is 1. The van der Waals surface area contributed by atoms with Crippen LogP contribution in [-0.4, -0.2) is 20.3 Å². The first-order valence-corrected chi connectivity index (χ1v) is 8.82. The number of para-hydroxylation sites is 1. The molecule has 2 aromatic rings. The van der Waals surface area contributed by atoms with Crippen LogP contribution in [0.1, 0.15) is 17.3 Å². The van der Waals surface area contributed by atoms with Crippen LogP contribution in [-0.2, 0) is 6.54 Å². The van der Waals surface area contributed by atoms with Crippen molar-refractivity contribution in [3.8, 4) is 16.9 Å². The highest BCUT2D eigenvalue weighted by molar-refractivity contribution is 6.08. The lowest BCUT2D eigenvalue weighted by Gasteiger charge is -2.11. The number of aryl methyl sites for hydroxylation is 1. The van der Waals surface area contributed by atoms with Gasteiger partial charge in [0.05, 0.1) is 16.8 Å². The van der Waals surface area contributed by atoms with Crippen molar-refractivity contribution >= 4 is 11.6 Å². The van der Waals surface area contributed by atoms with Crippen molar-refractivity contribution in [2.75, 3.05) is 5.32 Å². The van der Waals surface area contributed by atoms with E-state index in [2.05, 4.69) is 10.4 Å². The van der Waals surface area contributed by atoms with Crippen LogP contribution < -0.4 is 10.9 Å². The minimum absolute atomic E-state index is 0.246. The van der Waals surface area contributed by atoms with Crippen LogP contribution >= 0.6 is 0 Å². The number of aromatic nitrogens is 3. The number of hydrogen-bond acceptors (Lipinski definition) is 3. The highest BCUT2D eigenvalue weighted by atomic mass is 19.1. The summed E-state index contributed by atoms with van der Waals surface area (Å²) >= 11 is 0. The van der Waals surface area contributed by atoms with Crippen molar-refractivity contribution in [1.29, 1.82) is 0 Å². The molecule has 2 heterocycles. The van der Waals surface area contributed by atoms with Gasteiger partial charge in [0.25, 0.3) is 11.5 Å². The number of nitrogens with one attached hydrogen (secondary N) is 1. The molecule has 0 fully saturated rings. The lowest BCUT2D eigenvalue weighted by Crippen LogP contribution is -2.17. The van der Waals surface area contributed by atoms with Gasteiger partial charge in [-0.05, 0) is 37.3 Å². The van der Waals surface area contributed by atoms with E-state index in [1.165, 1.54) is 22.9 Å². The van der Waals surface area contributed by atoms with Gasteiger partial charge in [0, 0.05) is 24.6 Å². The topological polar surface area (TPSA) is 68.9 Å². The van der Waals surface area contributed by atoms with E-state index in [1.54, 1.807) is 35.2 Å². The molecule has 0 radical (unpaired) electrons. The molecular weight excluding hydrogens is 359 g/mol. The van der Waals surface area contributed by atoms with E-state index in [0.717, 1.165) is 0 Å². The molecule has 7 heteroatoms. The lowest BCUT2D eigenvalue weighted by atomic mass is 10.1. The first-order valence-electron chi connectivity index (χ1n) is 8.82. The van der Waals surface area contributed by atoms with E-state index in [4.69, 9.17) is 0 Å². The number of amides is 1. The van der Waals surface area contributed by atoms with E-state index in [0.29, 0.717) is 29.2 Å². The molecule has 2 aliphatic rings. The third kappa shape index (κ3) is 3.18. The maximum atomic E-state index is 13.4. The van der Waals surface area contributed by atoms with Gasteiger partial charge in [-0.15, -0.1) is 0 Å². The van der Waals surface area contributed by atoms with Gasteiger partial charge in [0.15, 0.2) is 0 Å². The molecule has 0 atom stereocenters. The van der Waals surface area contributed by atoms with Crippen LogP contribution in [0.25, 0.3) is 16.9 Å². The lowest BCUT2D eigenvalue weighted by molar-refractivity contribution is 0.102. The van der Waals surface area contributed by atoms with Gasteiger partial charge in [-0.3, -0.25) is 9.59 Å². The minimum Gasteiger partial charge on any atom is -0.353 e. The van der Waals surface area contributed by atoms with Crippen LogP contribution in [0.5, 0.6) is 0 Å². The SMILES string of the molecule is CCn1cc(C(=O)Nc2cccc(F)c2)c2nn(-c3ccccc3)c(=O)c-2c1. The molecular formula is C21H17FN4O2. The number of hydrogen-bond donors (Lipinski definition) is 1. The maximum absolute atomic E-state index is 13.4. The Hall–Kier alpha value is -3.74. The zero-order chi connectivity index (χ0) is 19.7. The average Bonchev–Trinajstić information content (AvgIpc) is 3.04. The third-order valence-electron chi connectivity index (χ3n) is 4.42. The minimum atomic E-state index is -0.462. The van der Waals surface area contributed by atoms with Crippen LogP contribution in [0.15, 0.2) is 71.8 Å². The normalized spacial score (nSPS) is 10.9. The molecule has 6 nitrogen and oxygen atoms in total. The van der Waals surface area contributed by atoms with Gasteiger partial charge in [0.2, 0.25) is 0 Å². The standard InChI is InChI=1S/C21H17FN4O2/c1-2-25-12-17(20(27)23-15-8-6-7-14(22)11-15)19-18(13-25)21(28)26(24-19)16-9-4-3-5-10-16/h3-13H,2H2,1H3,(H,23,27). The first-order chi connectivity index (χ1) is 13.6. The second kappa shape index (κ2) is 7.11. The summed E-state index contributed by atoms with van der Waals surface area (Å²) in [6, 6.07) is 14.6. The number of fused-ring (bicyclic) bond motifs is 1. The van der Waals surface area contributed by atoms with E-state index in [9.17, 15) is 14.0 Å². The van der Waals surface area contributed by atoms with Crippen molar-refractivity contribution in [2.24, 2.45) is 0 Å². The number of nitrogens with zero attached hydrogens (tertiary/aromatic N) is 3. The molecule has 0 unspecified atom stereocenters.